The molecule has 28 heavy (non-hydrogen) atoms. The second kappa shape index (κ2) is 8.38. The number of piperidine rings is 1. The van der Waals surface area contributed by atoms with E-state index in [4.69, 9.17) is 0 Å². The van der Waals surface area contributed by atoms with Crippen LogP contribution in [0.3, 0.4) is 0 Å². The first-order valence-corrected chi connectivity index (χ1v) is 9.75. The van der Waals surface area contributed by atoms with Gasteiger partial charge in [0.2, 0.25) is 11.1 Å². The molecule has 1 amide bonds. The third kappa shape index (κ3) is 5.37. The lowest BCUT2D eigenvalue weighted by molar-refractivity contribution is -0.274. The maximum absolute atomic E-state index is 12.5. The van der Waals surface area contributed by atoms with Crippen molar-refractivity contribution in [2.75, 3.05) is 18.8 Å². The summed E-state index contributed by atoms with van der Waals surface area (Å²) < 4.78 is 42.0. The summed E-state index contributed by atoms with van der Waals surface area (Å²) in [7, 11) is 0. The molecule has 0 saturated carbocycles. The minimum absolute atomic E-state index is 0.0203. The van der Waals surface area contributed by atoms with Gasteiger partial charge in [0.25, 0.3) is 0 Å². The fourth-order valence-electron chi connectivity index (χ4n) is 3.30. The Balaban J connectivity index is 1.63. The molecule has 0 bridgehead atoms. The Hall–Kier alpha value is -2.30. The second-order valence-corrected chi connectivity index (χ2v) is 7.89. The largest absolute Gasteiger partial charge is 0.573 e. The molecule has 1 saturated heterocycles. The molecule has 0 spiro atoms. The van der Waals surface area contributed by atoms with E-state index in [9.17, 15) is 18.0 Å². The number of aromatic nitrogens is 4. The zero-order valence-corrected chi connectivity index (χ0v) is 16.2. The van der Waals surface area contributed by atoms with Crippen molar-refractivity contribution in [3.63, 3.8) is 0 Å². The van der Waals surface area contributed by atoms with Crippen LogP contribution >= 0.6 is 11.8 Å². The van der Waals surface area contributed by atoms with Crippen molar-refractivity contribution in [3.05, 3.63) is 24.3 Å². The van der Waals surface area contributed by atoms with Gasteiger partial charge in [0.15, 0.2) is 0 Å². The number of halogens is 3. The molecule has 0 radical (unpaired) electrons. The summed E-state index contributed by atoms with van der Waals surface area (Å²) in [5, 5.41) is 11.7. The van der Waals surface area contributed by atoms with E-state index in [1.54, 1.807) is 0 Å². The number of carbonyl (C=O) groups excluding carboxylic acids is 1. The van der Waals surface area contributed by atoms with Gasteiger partial charge in [-0.3, -0.25) is 4.79 Å². The molecule has 1 aromatic heterocycles. The summed E-state index contributed by atoms with van der Waals surface area (Å²) in [4.78, 5) is 14.4. The molecule has 2 aromatic rings. The SMILES string of the molecule is C[C@H]1C[C@H](C)CN(C(=O)CSc2nnnn2-c2ccc(OC(F)(F)F)cc2)C1. The number of hydrogen-bond donors (Lipinski definition) is 0. The molecule has 2 heterocycles. The number of benzene rings is 1. The lowest BCUT2D eigenvalue weighted by Gasteiger charge is -2.34. The van der Waals surface area contributed by atoms with Gasteiger partial charge in [0.05, 0.1) is 11.4 Å². The number of alkyl halides is 3. The van der Waals surface area contributed by atoms with Crippen molar-refractivity contribution in [1.29, 1.82) is 0 Å². The number of likely N-dealkylation sites (tertiary alicyclic amines) is 1. The fourth-order valence-corrected chi connectivity index (χ4v) is 4.10. The highest BCUT2D eigenvalue weighted by Crippen LogP contribution is 2.26. The molecule has 3 rings (SSSR count). The molecular formula is C17H20F3N5O2S. The van der Waals surface area contributed by atoms with Gasteiger partial charge in [0, 0.05) is 13.1 Å². The van der Waals surface area contributed by atoms with Gasteiger partial charge in [-0.05, 0) is 52.9 Å². The van der Waals surface area contributed by atoms with E-state index in [1.807, 2.05) is 4.90 Å². The van der Waals surface area contributed by atoms with Crippen LogP contribution in [0.2, 0.25) is 0 Å². The summed E-state index contributed by atoms with van der Waals surface area (Å²) in [6.45, 7) is 5.76. The van der Waals surface area contributed by atoms with E-state index in [2.05, 4.69) is 34.1 Å². The normalized spacial score (nSPS) is 20.2. The van der Waals surface area contributed by atoms with Crippen molar-refractivity contribution in [3.8, 4) is 11.4 Å². The maximum Gasteiger partial charge on any atom is 0.573 e. The zero-order valence-electron chi connectivity index (χ0n) is 15.4. The Bertz CT molecular complexity index is 802. The van der Waals surface area contributed by atoms with Crippen LogP contribution in [-0.4, -0.2) is 56.2 Å². The molecule has 7 nitrogen and oxygen atoms in total. The summed E-state index contributed by atoms with van der Waals surface area (Å²) in [5.74, 6) is 0.824. The number of ether oxygens (including phenoxy) is 1. The molecule has 1 aromatic carbocycles. The molecule has 1 aliphatic heterocycles. The lowest BCUT2D eigenvalue weighted by Crippen LogP contribution is -2.43. The summed E-state index contributed by atoms with van der Waals surface area (Å²) in [5.41, 5.74) is 0.467. The van der Waals surface area contributed by atoms with E-state index < -0.39 is 6.36 Å². The van der Waals surface area contributed by atoms with E-state index in [-0.39, 0.29) is 17.4 Å². The molecule has 1 aliphatic rings. The maximum atomic E-state index is 12.5. The summed E-state index contributed by atoms with van der Waals surface area (Å²) in [6, 6.07) is 5.19. The molecule has 0 aliphatic carbocycles. The van der Waals surface area contributed by atoms with Crippen LogP contribution in [0.15, 0.2) is 29.4 Å². The Kier molecular flexibility index (Phi) is 6.11. The van der Waals surface area contributed by atoms with E-state index in [1.165, 1.54) is 40.7 Å². The molecule has 2 atom stereocenters. The third-order valence-electron chi connectivity index (χ3n) is 4.30. The van der Waals surface area contributed by atoms with Crippen molar-refractivity contribution in [2.24, 2.45) is 11.8 Å². The fraction of sp³-hybridized carbons (Fsp3) is 0.529. The quantitative estimate of drug-likeness (QED) is 0.699. The standard InChI is InChI=1S/C17H20F3N5O2S/c1-11-7-12(2)9-24(8-11)15(26)10-28-16-21-22-23-25(16)13-3-5-14(6-4-13)27-17(18,19)20/h3-6,11-12H,7-10H2,1-2H3/t11-,12-/m0/s1. The van der Waals surface area contributed by atoms with Crippen molar-refractivity contribution in [2.45, 2.75) is 31.8 Å². The lowest BCUT2D eigenvalue weighted by atomic mass is 9.92. The van der Waals surface area contributed by atoms with Gasteiger partial charge in [-0.2, -0.15) is 4.68 Å². The second-order valence-electron chi connectivity index (χ2n) is 6.95. The first-order chi connectivity index (χ1) is 13.2. The van der Waals surface area contributed by atoms with Crippen molar-refractivity contribution < 1.29 is 22.7 Å². The third-order valence-corrected chi connectivity index (χ3v) is 5.21. The van der Waals surface area contributed by atoms with Gasteiger partial charge in [-0.1, -0.05) is 25.6 Å². The van der Waals surface area contributed by atoms with Gasteiger partial charge < -0.3 is 9.64 Å². The van der Waals surface area contributed by atoms with Gasteiger partial charge in [-0.15, -0.1) is 18.3 Å². The molecule has 152 valence electrons. The van der Waals surface area contributed by atoms with Crippen molar-refractivity contribution in [1.82, 2.24) is 25.1 Å². The van der Waals surface area contributed by atoms with Gasteiger partial charge >= 0.3 is 6.36 Å². The average Bonchev–Trinajstić information content (AvgIpc) is 3.06. The number of hydrogen-bond acceptors (Lipinski definition) is 6. The van der Waals surface area contributed by atoms with Crippen LogP contribution < -0.4 is 4.74 Å². The van der Waals surface area contributed by atoms with E-state index >= 15 is 0 Å². The summed E-state index contributed by atoms with van der Waals surface area (Å²) in [6.07, 6.45) is -3.63. The molecule has 11 heteroatoms. The highest BCUT2D eigenvalue weighted by Gasteiger charge is 2.31. The van der Waals surface area contributed by atoms with Crippen LogP contribution in [0.1, 0.15) is 20.3 Å². The topological polar surface area (TPSA) is 73.1 Å². The number of tetrazole rings is 1. The number of nitrogens with zero attached hydrogens (tertiary/aromatic N) is 5. The van der Waals surface area contributed by atoms with Crippen LogP contribution in [-0.2, 0) is 4.79 Å². The van der Waals surface area contributed by atoms with Crippen LogP contribution in [0.5, 0.6) is 5.75 Å². The van der Waals surface area contributed by atoms with Crippen LogP contribution in [0.4, 0.5) is 13.2 Å². The molecule has 0 unspecified atom stereocenters. The minimum Gasteiger partial charge on any atom is -0.406 e. The molecular weight excluding hydrogens is 395 g/mol. The zero-order chi connectivity index (χ0) is 20.3. The Morgan fingerprint density at radius 3 is 2.46 bits per heavy atom. The first-order valence-electron chi connectivity index (χ1n) is 8.76. The predicted molar refractivity (Wildman–Crippen MR) is 96.1 cm³/mol. The van der Waals surface area contributed by atoms with Gasteiger partial charge in [-0.25, -0.2) is 0 Å². The minimum atomic E-state index is -4.75. The molecule has 0 N–H and O–H groups in total. The highest BCUT2D eigenvalue weighted by atomic mass is 32.2. The Morgan fingerprint density at radius 1 is 1.21 bits per heavy atom. The Morgan fingerprint density at radius 2 is 1.86 bits per heavy atom. The molecule has 1 fully saturated rings. The van der Waals surface area contributed by atoms with E-state index in [0.29, 0.717) is 22.7 Å². The van der Waals surface area contributed by atoms with Crippen LogP contribution in [0.25, 0.3) is 5.69 Å². The number of thioether (sulfide) groups is 1. The number of carbonyl (C=O) groups is 1. The highest BCUT2D eigenvalue weighted by molar-refractivity contribution is 7.99. The van der Waals surface area contributed by atoms with Crippen LogP contribution in [0, 0.1) is 11.8 Å². The Labute approximate surface area is 164 Å². The summed E-state index contributed by atoms with van der Waals surface area (Å²) >= 11 is 1.19. The number of amides is 1. The number of rotatable bonds is 5. The smallest absolute Gasteiger partial charge is 0.406 e. The predicted octanol–water partition coefficient (Wildman–Crippen LogP) is 3.16. The van der Waals surface area contributed by atoms with E-state index in [0.717, 1.165) is 19.5 Å². The van der Waals surface area contributed by atoms with Crippen molar-refractivity contribution >= 4 is 17.7 Å². The first kappa shape index (κ1) is 20.4. The monoisotopic (exact) mass is 415 g/mol. The average molecular weight is 415 g/mol. The van der Waals surface area contributed by atoms with Gasteiger partial charge in [0.1, 0.15) is 5.75 Å².